The van der Waals surface area contributed by atoms with Crippen molar-refractivity contribution in [1.82, 2.24) is 4.72 Å². The Morgan fingerprint density at radius 3 is 2.58 bits per heavy atom. The van der Waals surface area contributed by atoms with Crippen LogP contribution in [0.25, 0.3) is 0 Å². The number of anilines is 1. The van der Waals surface area contributed by atoms with E-state index in [1.54, 1.807) is 35.2 Å². The molecule has 0 spiro atoms. The second-order valence-corrected chi connectivity index (χ2v) is 8.71. The fourth-order valence-electron chi connectivity index (χ4n) is 3.06. The summed E-state index contributed by atoms with van der Waals surface area (Å²) in [5.41, 5.74) is 2.31. The number of hydrogen-bond acceptors (Lipinski definition) is 3. The zero-order chi connectivity index (χ0) is 18.7. The lowest BCUT2D eigenvalue weighted by Crippen LogP contribution is -2.28. The summed E-state index contributed by atoms with van der Waals surface area (Å²) < 4.78 is 27.6. The molecule has 0 fully saturated rings. The molecule has 0 aromatic heterocycles. The Morgan fingerprint density at radius 2 is 1.88 bits per heavy atom. The molecule has 0 atom stereocenters. The first-order chi connectivity index (χ1) is 12.4. The summed E-state index contributed by atoms with van der Waals surface area (Å²) in [6.07, 6.45) is 1.45. The fraction of sp³-hybridized carbons (Fsp3) is 0.350. The minimum atomic E-state index is -3.52. The summed E-state index contributed by atoms with van der Waals surface area (Å²) in [6.45, 7) is 5.10. The lowest BCUT2D eigenvalue weighted by Gasteiger charge is -2.17. The summed E-state index contributed by atoms with van der Waals surface area (Å²) in [5, 5.41) is 0. The molecule has 1 heterocycles. The SMILES string of the molecule is CC(C)CCNS(=O)(=O)c1ccc2c(c1)CCN2C(=O)c1ccccc1. The van der Waals surface area contributed by atoms with Crippen molar-refractivity contribution < 1.29 is 13.2 Å². The van der Waals surface area contributed by atoms with E-state index >= 15 is 0 Å². The van der Waals surface area contributed by atoms with E-state index < -0.39 is 10.0 Å². The predicted octanol–water partition coefficient (Wildman–Crippen LogP) is 3.21. The van der Waals surface area contributed by atoms with E-state index in [2.05, 4.69) is 18.6 Å². The number of carbonyl (C=O) groups is 1. The van der Waals surface area contributed by atoms with Crippen molar-refractivity contribution >= 4 is 21.6 Å². The van der Waals surface area contributed by atoms with Crippen LogP contribution in [-0.4, -0.2) is 27.4 Å². The first kappa shape index (κ1) is 18.6. The molecule has 0 unspecified atom stereocenters. The molecule has 5 nitrogen and oxygen atoms in total. The quantitative estimate of drug-likeness (QED) is 0.847. The van der Waals surface area contributed by atoms with Crippen LogP contribution in [0.3, 0.4) is 0 Å². The molecular weight excluding hydrogens is 348 g/mol. The van der Waals surface area contributed by atoms with Gasteiger partial charge in [-0.25, -0.2) is 13.1 Å². The van der Waals surface area contributed by atoms with Crippen LogP contribution in [0, 0.1) is 5.92 Å². The van der Waals surface area contributed by atoms with Gasteiger partial charge in [-0.1, -0.05) is 32.0 Å². The van der Waals surface area contributed by atoms with Gasteiger partial charge < -0.3 is 4.90 Å². The number of sulfonamides is 1. The van der Waals surface area contributed by atoms with Gasteiger partial charge in [-0.15, -0.1) is 0 Å². The van der Waals surface area contributed by atoms with Crippen LogP contribution in [-0.2, 0) is 16.4 Å². The van der Waals surface area contributed by atoms with E-state index in [0.29, 0.717) is 31.0 Å². The van der Waals surface area contributed by atoms with Crippen LogP contribution < -0.4 is 9.62 Å². The molecule has 2 aromatic rings. The first-order valence-corrected chi connectivity index (χ1v) is 10.4. The average Bonchev–Trinajstić information content (AvgIpc) is 3.04. The van der Waals surface area contributed by atoms with E-state index in [1.807, 2.05) is 18.2 Å². The number of hydrogen-bond donors (Lipinski definition) is 1. The number of carbonyl (C=O) groups excluding carboxylic acids is 1. The van der Waals surface area contributed by atoms with E-state index in [4.69, 9.17) is 0 Å². The number of nitrogens with one attached hydrogen (secondary N) is 1. The molecule has 0 bridgehead atoms. The second-order valence-electron chi connectivity index (χ2n) is 6.94. The van der Waals surface area contributed by atoms with Crippen LogP contribution in [0.5, 0.6) is 0 Å². The van der Waals surface area contributed by atoms with Gasteiger partial charge >= 0.3 is 0 Å². The molecule has 0 radical (unpaired) electrons. The maximum atomic E-state index is 12.7. The summed E-state index contributed by atoms with van der Waals surface area (Å²) >= 11 is 0. The van der Waals surface area contributed by atoms with Crippen molar-refractivity contribution in [3.8, 4) is 0 Å². The number of rotatable bonds is 6. The van der Waals surface area contributed by atoms with Gasteiger partial charge in [-0.2, -0.15) is 0 Å². The van der Waals surface area contributed by atoms with Crippen molar-refractivity contribution in [3.63, 3.8) is 0 Å². The minimum Gasteiger partial charge on any atom is -0.308 e. The monoisotopic (exact) mass is 372 g/mol. The molecule has 1 aliphatic rings. The number of amides is 1. The number of benzene rings is 2. The molecule has 1 N–H and O–H groups in total. The van der Waals surface area contributed by atoms with Gasteiger partial charge in [-0.05, 0) is 54.7 Å². The third-order valence-electron chi connectivity index (χ3n) is 4.54. The van der Waals surface area contributed by atoms with E-state index in [-0.39, 0.29) is 10.8 Å². The molecule has 0 saturated carbocycles. The zero-order valence-electron chi connectivity index (χ0n) is 15.1. The zero-order valence-corrected chi connectivity index (χ0v) is 15.9. The summed E-state index contributed by atoms with van der Waals surface area (Å²) in [4.78, 5) is 14.7. The second kappa shape index (κ2) is 7.60. The van der Waals surface area contributed by atoms with Gasteiger partial charge in [0.2, 0.25) is 10.0 Å². The summed E-state index contributed by atoms with van der Waals surface area (Å²) in [5.74, 6) is 0.380. The molecule has 0 saturated heterocycles. The van der Waals surface area contributed by atoms with E-state index in [0.717, 1.165) is 17.7 Å². The molecule has 0 aliphatic carbocycles. The van der Waals surface area contributed by atoms with Gasteiger partial charge in [0.05, 0.1) is 4.90 Å². The number of nitrogens with zero attached hydrogens (tertiary/aromatic N) is 1. The van der Waals surface area contributed by atoms with Crippen LogP contribution in [0.1, 0.15) is 36.2 Å². The van der Waals surface area contributed by atoms with Gasteiger partial charge in [-0.3, -0.25) is 4.79 Å². The van der Waals surface area contributed by atoms with Crippen LogP contribution >= 0.6 is 0 Å². The molecule has 2 aromatic carbocycles. The first-order valence-electron chi connectivity index (χ1n) is 8.88. The van der Waals surface area contributed by atoms with Crippen molar-refractivity contribution in [2.45, 2.75) is 31.6 Å². The Balaban J connectivity index is 1.79. The normalized spacial score (nSPS) is 13.9. The third-order valence-corrected chi connectivity index (χ3v) is 6.00. The van der Waals surface area contributed by atoms with E-state index in [1.165, 1.54) is 0 Å². The number of fused-ring (bicyclic) bond motifs is 1. The van der Waals surface area contributed by atoms with Crippen molar-refractivity contribution in [2.75, 3.05) is 18.0 Å². The van der Waals surface area contributed by atoms with Gasteiger partial charge in [0, 0.05) is 24.3 Å². The lowest BCUT2D eigenvalue weighted by molar-refractivity contribution is 0.0989. The predicted molar refractivity (Wildman–Crippen MR) is 103 cm³/mol. The molecule has 138 valence electrons. The maximum Gasteiger partial charge on any atom is 0.258 e. The third kappa shape index (κ3) is 3.97. The molecule has 3 rings (SSSR count). The van der Waals surface area contributed by atoms with Gasteiger partial charge in [0.15, 0.2) is 0 Å². The highest BCUT2D eigenvalue weighted by Crippen LogP contribution is 2.31. The van der Waals surface area contributed by atoms with Crippen molar-refractivity contribution in [2.24, 2.45) is 5.92 Å². The Labute approximate surface area is 155 Å². The average molecular weight is 372 g/mol. The van der Waals surface area contributed by atoms with E-state index in [9.17, 15) is 13.2 Å². The fourth-order valence-corrected chi connectivity index (χ4v) is 4.16. The molecule has 1 amide bonds. The van der Waals surface area contributed by atoms with Crippen molar-refractivity contribution in [3.05, 3.63) is 59.7 Å². The molecular formula is C20H24N2O3S. The highest BCUT2D eigenvalue weighted by molar-refractivity contribution is 7.89. The molecule has 6 heteroatoms. The van der Waals surface area contributed by atoms with Crippen molar-refractivity contribution in [1.29, 1.82) is 0 Å². The smallest absolute Gasteiger partial charge is 0.258 e. The molecule has 1 aliphatic heterocycles. The molecule has 26 heavy (non-hydrogen) atoms. The van der Waals surface area contributed by atoms with Gasteiger partial charge in [0.1, 0.15) is 0 Å². The van der Waals surface area contributed by atoms with Crippen LogP contribution in [0.2, 0.25) is 0 Å². The highest BCUT2D eigenvalue weighted by Gasteiger charge is 2.27. The summed E-state index contributed by atoms with van der Waals surface area (Å²) in [7, 11) is -3.52. The standard InChI is InChI=1S/C20H24N2O3S/c1-15(2)10-12-21-26(24,25)18-8-9-19-17(14-18)11-13-22(19)20(23)16-6-4-3-5-7-16/h3-9,14-15,21H,10-13H2,1-2H3. The minimum absolute atomic E-state index is 0.0602. The highest BCUT2D eigenvalue weighted by atomic mass is 32.2. The van der Waals surface area contributed by atoms with Crippen LogP contribution in [0.4, 0.5) is 5.69 Å². The maximum absolute atomic E-state index is 12.7. The Kier molecular flexibility index (Phi) is 5.44. The Morgan fingerprint density at radius 1 is 1.15 bits per heavy atom. The lowest BCUT2D eigenvalue weighted by atomic mass is 10.1. The Hall–Kier alpha value is -2.18. The largest absolute Gasteiger partial charge is 0.308 e. The van der Waals surface area contributed by atoms with Crippen LogP contribution in [0.15, 0.2) is 53.4 Å². The topological polar surface area (TPSA) is 66.5 Å². The van der Waals surface area contributed by atoms with Gasteiger partial charge in [0.25, 0.3) is 5.91 Å². The Bertz CT molecular complexity index is 893. The summed E-state index contributed by atoms with van der Waals surface area (Å²) in [6, 6.07) is 14.1.